The summed E-state index contributed by atoms with van der Waals surface area (Å²) in [5.41, 5.74) is 5.38. The molecule has 2 aromatic rings. The van der Waals surface area contributed by atoms with Gasteiger partial charge in [-0.1, -0.05) is 89.0 Å². The second kappa shape index (κ2) is 6.03. The van der Waals surface area contributed by atoms with Crippen molar-refractivity contribution in [2.75, 3.05) is 0 Å². The average Bonchev–Trinajstić information content (AvgIpc) is 2.40. The van der Waals surface area contributed by atoms with Crippen molar-refractivity contribution < 1.29 is 0 Å². The predicted molar refractivity (Wildman–Crippen MR) is 94.8 cm³/mol. The lowest BCUT2D eigenvalue weighted by molar-refractivity contribution is 0.590. The maximum atomic E-state index is 3.81. The number of hydrogen-bond acceptors (Lipinski definition) is 0. The first-order chi connectivity index (χ1) is 9.29. The zero-order valence-electron chi connectivity index (χ0n) is 12.4. The number of halogens is 2. The Morgan fingerprint density at radius 3 is 1.95 bits per heavy atom. The molecular formula is C18H20Br2. The predicted octanol–water partition coefficient (Wildman–Crippen LogP) is 6.54. The molecule has 0 aromatic heterocycles. The third-order valence-corrected chi connectivity index (χ3v) is 5.47. The average molecular weight is 396 g/mol. The smallest absolute Gasteiger partial charge is 0.0645 e. The molecule has 0 nitrogen and oxygen atoms in total. The van der Waals surface area contributed by atoms with E-state index >= 15 is 0 Å². The van der Waals surface area contributed by atoms with Gasteiger partial charge in [0.15, 0.2) is 0 Å². The van der Waals surface area contributed by atoms with Crippen LogP contribution in [0.5, 0.6) is 0 Å². The fraction of sp³-hybridized carbons (Fsp3) is 0.333. The van der Waals surface area contributed by atoms with E-state index < -0.39 is 0 Å². The fourth-order valence-electron chi connectivity index (χ4n) is 2.11. The van der Waals surface area contributed by atoms with Crippen LogP contribution in [0, 0.1) is 6.92 Å². The number of benzene rings is 2. The highest BCUT2D eigenvalue weighted by Crippen LogP contribution is 2.34. The van der Waals surface area contributed by atoms with E-state index in [4.69, 9.17) is 0 Å². The minimum Gasteiger partial charge on any atom is -0.0786 e. The van der Waals surface area contributed by atoms with Crippen LogP contribution in [0.2, 0.25) is 0 Å². The van der Waals surface area contributed by atoms with Crippen molar-refractivity contribution in [1.82, 2.24) is 0 Å². The van der Waals surface area contributed by atoms with Gasteiger partial charge >= 0.3 is 0 Å². The monoisotopic (exact) mass is 394 g/mol. The molecule has 0 heterocycles. The summed E-state index contributed by atoms with van der Waals surface area (Å²) in [6, 6.07) is 15.4. The van der Waals surface area contributed by atoms with Crippen LogP contribution in [-0.4, -0.2) is 0 Å². The Labute approximate surface area is 138 Å². The highest BCUT2D eigenvalue weighted by molar-refractivity contribution is 9.10. The summed E-state index contributed by atoms with van der Waals surface area (Å²) >= 11 is 7.41. The molecule has 0 aliphatic rings. The SMILES string of the molecule is Cc1ccc(C(Br)c2ccc(C(C)(C)C)cc2)cc1Br. The van der Waals surface area contributed by atoms with Gasteiger partial charge in [-0.05, 0) is 40.7 Å². The Morgan fingerprint density at radius 2 is 1.45 bits per heavy atom. The highest BCUT2D eigenvalue weighted by Gasteiger charge is 2.15. The molecule has 0 aliphatic carbocycles. The summed E-state index contributed by atoms with van der Waals surface area (Å²) in [5.74, 6) is 0. The fourth-order valence-corrected chi connectivity index (χ4v) is 3.10. The quantitative estimate of drug-likeness (QED) is 0.506. The Hall–Kier alpha value is -0.600. The molecule has 2 heteroatoms. The van der Waals surface area contributed by atoms with Crippen LogP contribution >= 0.6 is 31.9 Å². The van der Waals surface area contributed by atoms with E-state index in [9.17, 15) is 0 Å². The summed E-state index contributed by atoms with van der Waals surface area (Å²) in [5, 5.41) is 0. The van der Waals surface area contributed by atoms with Crippen LogP contribution in [0.3, 0.4) is 0 Å². The van der Waals surface area contributed by atoms with Gasteiger partial charge in [-0.25, -0.2) is 0 Å². The minimum atomic E-state index is 0.202. The molecule has 1 atom stereocenters. The normalized spacial score (nSPS) is 13.3. The van der Waals surface area contributed by atoms with E-state index in [0.717, 1.165) is 4.47 Å². The van der Waals surface area contributed by atoms with Gasteiger partial charge in [-0.2, -0.15) is 0 Å². The van der Waals surface area contributed by atoms with Crippen molar-refractivity contribution in [3.8, 4) is 0 Å². The molecular weight excluding hydrogens is 376 g/mol. The first-order valence-corrected chi connectivity index (χ1v) is 8.50. The number of hydrogen-bond donors (Lipinski definition) is 0. The van der Waals surface area contributed by atoms with Gasteiger partial charge < -0.3 is 0 Å². The van der Waals surface area contributed by atoms with Crippen LogP contribution in [0.15, 0.2) is 46.9 Å². The third kappa shape index (κ3) is 3.53. The molecule has 0 amide bonds. The van der Waals surface area contributed by atoms with Crippen molar-refractivity contribution in [2.24, 2.45) is 0 Å². The molecule has 1 unspecified atom stereocenters. The summed E-state index contributed by atoms with van der Waals surface area (Å²) in [6.45, 7) is 8.83. The molecule has 106 valence electrons. The van der Waals surface area contributed by atoms with Crippen LogP contribution in [0.1, 0.15) is 47.9 Å². The minimum absolute atomic E-state index is 0.202. The molecule has 2 aromatic carbocycles. The molecule has 0 radical (unpaired) electrons. The highest BCUT2D eigenvalue weighted by atomic mass is 79.9. The molecule has 0 fully saturated rings. The summed E-state index contributed by atoms with van der Waals surface area (Å²) in [6.07, 6.45) is 0. The first-order valence-electron chi connectivity index (χ1n) is 6.79. The summed E-state index contributed by atoms with van der Waals surface area (Å²) < 4.78 is 1.16. The van der Waals surface area contributed by atoms with E-state index in [1.807, 2.05) is 0 Å². The standard InChI is InChI=1S/C18H20Br2/c1-12-5-6-14(11-16(12)19)17(20)13-7-9-15(10-8-13)18(2,3)4/h5-11,17H,1-4H3. The van der Waals surface area contributed by atoms with Gasteiger partial charge in [0.05, 0.1) is 4.83 Å². The van der Waals surface area contributed by atoms with Crippen molar-refractivity contribution in [1.29, 1.82) is 0 Å². The van der Waals surface area contributed by atoms with E-state index in [1.165, 1.54) is 22.3 Å². The summed E-state index contributed by atoms with van der Waals surface area (Å²) in [7, 11) is 0. The van der Waals surface area contributed by atoms with Crippen molar-refractivity contribution in [3.05, 3.63) is 69.2 Å². The maximum Gasteiger partial charge on any atom is 0.0645 e. The number of aryl methyl sites for hydroxylation is 1. The molecule has 0 N–H and O–H groups in total. The van der Waals surface area contributed by atoms with Gasteiger partial charge in [0.25, 0.3) is 0 Å². The molecule has 0 saturated heterocycles. The lowest BCUT2D eigenvalue weighted by Crippen LogP contribution is -2.10. The zero-order valence-corrected chi connectivity index (χ0v) is 15.5. The Kier molecular flexibility index (Phi) is 4.76. The molecule has 0 bridgehead atoms. The van der Waals surface area contributed by atoms with Crippen LogP contribution in [0.25, 0.3) is 0 Å². The third-order valence-electron chi connectivity index (χ3n) is 3.56. The Balaban J connectivity index is 2.29. The van der Waals surface area contributed by atoms with Crippen molar-refractivity contribution in [2.45, 2.75) is 37.9 Å². The van der Waals surface area contributed by atoms with Crippen molar-refractivity contribution >= 4 is 31.9 Å². The van der Waals surface area contributed by atoms with E-state index in [1.54, 1.807) is 0 Å². The Morgan fingerprint density at radius 1 is 0.900 bits per heavy atom. The van der Waals surface area contributed by atoms with Crippen LogP contribution in [-0.2, 0) is 5.41 Å². The van der Waals surface area contributed by atoms with Crippen LogP contribution in [0.4, 0.5) is 0 Å². The van der Waals surface area contributed by atoms with Gasteiger partial charge in [-0.15, -0.1) is 0 Å². The second-order valence-corrected chi connectivity index (χ2v) is 8.01. The van der Waals surface area contributed by atoms with Crippen molar-refractivity contribution in [3.63, 3.8) is 0 Å². The molecule has 0 spiro atoms. The van der Waals surface area contributed by atoms with Gasteiger partial charge in [0.1, 0.15) is 0 Å². The lowest BCUT2D eigenvalue weighted by Gasteiger charge is -2.20. The number of rotatable bonds is 2. The van der Waals surface area contributed by atoms with E-state index in [-0.39, 0.29) is 10.2 Å². The molecule has 2 rings (SSSR count). The van der Waals surface area contributed by atoms with E-state index in [0.29, 0.717) is 0 Å². The van der Waals surface area contributed by atoms with E-state index in [2.05, 4.69) is 102 Å². The first kappa shape index (κ1) is 15.8. The molecule has 0 saturated carbocycles. The Bertz CT molecular complexity index is 592. The maximum absolute atomic E-state index is 3.81. The summed E-state index contributed by atoms with van der Waals surface area (Å²) in [4.78, 5) is 0.230. The van der Waals surface area contributed by atoms with Crippen LogP contribution < -0.4 is 0 Å². The molecule has 0 aliphatic heterocycles. The zero-order chi connectivity index (χ0) is 14.9. The van der Waals surface area contributed by atoms with Gasteiger partial charge in [0.2, 0.25) is 0 Å². The second-order valence-electron chi connectivity index (χ2n) is 6.24. The number of alkyl halides is 1. The van der Waals surface area contributed by atoms with Gasteiger partial charge in [-0.3, -0.25) is 0 Å². The largest absolute Gasteiger partial charge is 0.0786 e. The lowest BCUT2D eigenvalue weighted by atomic mass is 9.86. The topological polar surface area (TPSA) is 0 Å². The molecule has 20 heavy (non-hydrogen) atoms. The van der Waals surface area contributed by atoms with Gasteiger partial charge in [0, 0.05) is 4.47 Å².